The second-order valence-corrected chi connectivity index (χ2v) is 18.7. The van der Waals surface area contributed by atoms with Gasteiger partial charge >= 0.3 is 0 Å². The Morgan fingerprint density at radius 2 is 0.828 bits per heavy atom. The van der Waals surface area contributed by atoms with Crippen molar-refractivity contribution in [2.75, 3.05) is 9.80 Å². The van der Waals surface area contributed by atoms with Crippen molar-refractivity contribution in [3.05, 3.63) is 196 Å². The number of hydrogen-bond acceptors (Lipinski definition) is 2. The first-order valence-electron chi connectivity index (χ1n) is 22.7. The van der Waals surface area contributed by atoms with Gasteiger partial charge < -0.3 is 18.9 Å². The van der Waals surface area contributed by atoms with E-state index in [0.29, 0.717) is 0 Å². The maximum absolute atomic E-state index is 2.64. The van der Waals surface area contributed by atoms with Crippen LogP contribution >= 0.6 is 0 Å². The quantitative estimate of drug-likeness (QED) is 0.155. The molecule has 12 rings (SSSR count). The molecule has 8 aromatic carbocycles. The molecule has 0 N–H and O–H groups in total. The highest BCUT2D eigenvalue weighted by atomic mass is 15.2. The van der Waals surface area contributed by atoms with Crippen LogP contribution in [0.2, 0.25) is 0 Å². The van der Waals surface area contributed by atoms with E-state index in [-0.39, 0.29) is 6.71 Å². The van der Waals surface area contributed by atoms with Crippen molar-refractivity contribution >= 4 is 89.8 Å². The van der Waals surface area contributed by atoms with E-state index in [1.54, 1.807) is 0 Å². The topological polar surface area (TPSA) is 16.3 Å². The lowest BCUT2D eigenvalue weighted by molar-refractivity contribution is 1.02. The van der Waals surface area contributed by atoms with Gasteiger partial charge in [0.25, 0.3) is 6.71 Å². The highest BCUT2D eigenvalue weighted by Crippen LogP contribution is 2.48. The van der Waals surface area contributed by atoms with Crippen molar-refractivity contribution in [1.82, 2.24) is 9.13 Å². The van der Waals surface area contributed by atoms with Crippen LogP contribution in [0.5, 0.6) is 0 Å². The number of rotatable bonds is 6. The number of aryl methyl sites for hydroxylation is 7. The lowest BCUT2D eigenvalue weighted by atomic mass is 9.34. The fourth-order valence-corrected chi connectivity index (χ4v) is 11.5. The van der Waals surface area contributed by atoms with Crippen molar-refractivity contribution in [2.45, 2.75) is 62.3 Å². The summed E-state index contributed by atoms with van der Waals surface area (Å²) in [6.07, 6.45) is 0. The van der Waals surface area contributed by atoms with Gasteiger partial charge in [-0.1, -0.05) is 84.4 Å². The molecule has 0 unspecified atom stereocenters. The first kappa shape index (κ1) is 38.4. The fraction of sp³-hybridized carbons (Fsp3) is 0.153. The van der Waals surface area contributed by atoms with Gasteiger partial charge in [-0.2, -0.15) is 0 Å². The van der Waals surface area contributed by atoms with Crippen LogP contribution in [0.4, 0.5) is 34.1 Å². The third kappa shape index (κ3) is 5.37. The van der Waals surface area contributed by atoms with Gasteiger partial charge in [0, 0.05) is 56.0 Å². The monoisotopic (exact) mass is 826 g/mol. The minimum absolute atomic E-state index is 0.0176. The summed E-state index contributed by atoms with van der Waals surface area (Å²) in [6, 6.07) is 55.1. The number of hydrogen-bond donors (Lipinski definition) is 0. The molecule has 310 valence electrons. The van der Waals surface area contributed by atoms with Crippen LogP contribution in [0.25, 0.3) is 44.0 Å². The summed E-state index contributed by atoms with van der Waals surface area (Å²) in [5, 5.41) is 5.18. The largest absolute Gasteiger partial charge is 0.314 e. The van der Waals surface area contributed by atoms with Crippen molar-refractivity contribution in [1.29, 1.82) is 0 Å². The standard InChI is InChI=1S/C59H51BN4/c1-34-14-10-18-44(29-34)63(45-19-11-15-35(2)30-45)51-26-24-49-58-54(51)39(6)41(8)61(58)53-33-43-28-38(5)22-23-48(43)57-56(53)60(49)50-25-27-52(55-40(7)42(9)62(57)59(50)55)64(46-20-12-16-36(3)31-46)47-21-13-17-37(4)32-47/h10-33H,1-9H3. The van der Waals surface area contributed by atoms with Crippen LogP contribution in [0.15, 0.2) is 146 Å². The summed E-state index contributed by atoms with van der Waals surface area (Å²) in [6.45, 7) is 20.4. The van der Waals surface area contributed by atoms with Gasteiger partial charge in [0.15, 0.2) is 0 Å². The molecule has 0 saturated heterocycles. The smallest absolute Gasteiger partial charge is 0.252 e. The van der Waals surface area contributed by atoms with Gasteiger partial charge in [-0.3, -0.25) is 0 Å². The SMILES string of the molecule is Cc1cccc(N(c2cccc(C)c2)c2ccc3c4c2c(C)c(C)n4-c2cc4cc(C)ccc4c4c2B3c2ccc(N(c3cccc(C)c3)c3cccc(C)c3)c3c(C)c(C)n-4c23)c1. The predicted octanol–water partition coefficient (Wildman–Crippen LogP) is 13.6. The fourth-order valence-electron chi connectivity index (χ4n) is 11.5. The minimum Gasteiger partial charge on any atom is -0.314 e. The number of nitrogens with zero attached hydrogens (tertiary/aromatic N) is 4. The van der Waals surface area contributed by atoms with Crippen molar-refractivity contribution < 1.29 is 0 Å². The normalized spacial score (nSPS) is 12.4. The van der Waals surface area contributed by atoms with Crippen molar-refractivity contribution in [3.63, 3.8) is 0 Å². The zero-order chi connectivity index (χ0) is 43.9. The molecule has 0 amide bonds. The molecule has 4 heterocycles. The lowest BCUT2D eigenvalue weighted by Crippen LogP contribution is -2.59. The molecule has 2 aliphatic heterocycles. The van der Waals surface area contributed by atoms with E-state index in [2.05, 4.69) is 227 Å². The summed E-state index contributed by atoms with van der Waals surface area (Å²) in [4.78, 5) is 4.97. The predicted molar refractivity (Wildman–Crippen MR) is 274 cm³/mol. The molecular formula is C59H51BN4. The van der Waals surface area contributed by atoms with Crippen LogP contribution in [0.1, 0.15) is 50.3 Å². The van der Waals surface area contributed by atoms with Gasteiger partial charge in [-0.25, -0.2) is 0 Å². The van der Waals surface area contributed by atoms with E-state index in [0.717, 1.165) is 22.7 Å². The van der Waals surface area contributed by atoms with Gasteiger partial charge in [-0.15, -0.1) is 0 Å². The van der Waals surface area contributed by atoms with Crippen molar-refractivity contribution in [3.8, 4) is 11.4 Å². The molecule has 5 heteroatoms. The molecule has 0 aliphatic carbocycles. The number of anilines is 6. The van der Waals surface area contributed by atoms with Gasteiger partial charge in [-0.05, 0) is 184 Å². The lowest BCUT2D eigenvalue weighted by Gasteiger charge is -2.36. The highest BCUT2D eigenvalue weighted by molar-refractivity contribution is 7.00. The summed E-state index contributed by atoms with van der Waals surface area (Å²) < 4.78 is 5.26. The maximum atomic E-state index is 2.64. The Labute approximate surface area is 376 Å². The molecule has 2 aliphatic rings. The molecule has 2 aromatic heterocycles. The molecule has 0 spiro atoms. The van der Waals surface area contributed by atoms with Crippen LogP contribution in [0.3, 0.4) is 0 Å². The van der Waals surface area contributed by atoms with E-state index < -0.39 is 0 Å². The summed E-state index contributed by atoms with van der Waals surface area (Å²) >= 11 is 0. The molecule has 0 radical (unpaired) electrons. The van der Waals surface area contributed by atoms with Crippen molar-refractivity contribution in [2.24, 2.45) is 0 Å². The molecular weight excluding hydrogens is 775 g/mol. The molecule has 0 atom stereocenters. The van der Waals surface area contributed by atoms with E-state index in [1.807, 2.05) is 0 Å². The zero-order valence-electron chi connectivity index (χ0n) is 38.2. The van der Waals surface area contributed by atoms with E-state index in [4.69, 9.17) is 0 Å². The van der Waals surface area contributed by atoms with Crippen LogP contribution in [-0.4, -0.2) is 15.8 Å². The Balaban J connectivity index is 1.21. The van der Waals surface area contributed by atoms with E-state index >= 15 is 0 Å². The highest BCUT2D eigenvalue weighted by Gasteiger charge is 2.43. The average molecular weight is 827 g/mol. The Hall–Kier alpha value is -7.24. The van der Waals surface area contributed by atoms with Crippen LogP contribution in [-0.2, 0) is 0 Å². The molecule has 0 saturated carbocycles. The average Bonchev–Trinajstić information content (AvgIpc) is 3.70. The Bertz CT molecular complexity index is 3550. The summed E-state index contributed by atoms with van der Waals surface area (Å²) in [7, 11) is 0. The number of fused-ring (bicyclic) bond motifs is 6. The Kier molecular flexibility index (Phi) is 8.34. The third-order valence-corrected chi connectivity index (χ3v) is 14.5. The van der Waals surface area contributed by atoms with E-state index in [9.17, 15) is 0 Å². The van der Waals surface area contributed by atoms with Gasteiger partial charge in [0.05, 0.1) is 28.1 Å². The molecule has 64 heavy (non-hydrogen) atoms. The van der Waals surface area contributed by atoms with Crippen LogP contribution < -0.4 is 26.2 Å². The van der Waals surface area contributed by atoms with E-state index in [1.165, 1.54) is 122 Å². The maximum Gasteiger partial charge on any atom is 0.252 e. The summed E-state index contributed by atoms with van der Waals surface area (Å²) in [5.41, 5.74) is 27.8. The number of aromatic nitrogens is 2. The first-order chi connectivity index (χ1) is 31.0. The molecule has 0 fully saturated rings. The third-order valence-electron chi connectivity index (χ3n) is 14.5. The number of benzene rings is 8. The van der Waals surface area contributed by atoms with Gasteiger partial charge in [0.2, 0.25) is 0 Å². The second kappa shape index (κ2) is 13.9. The Morgan fingerprint density at radius 1 is 0.406 bits per heavy atom. The first-order valence-corrected chi connectivity index (χ1v) is 22.7. The van der Waals surface area contributed by atoms with Gasteiger partial charge in [0.1, 0.15) is 0 Å². The minimum atomic E-state index is 0.0176. The molecule has 10 aromatic rings. The molecule has 0 bridgehead atoms. The second-order valence-electron chi connectivity index (χ2n) is 18.7. The van der Waals surface area contributed by atoms with Crippen LogP contribution in [0, 0.1) is 62.3 Å². The molecule has 4 nitrogen and oxygen atoms in total. The zero-order valence-corrected chi connectivity index (χ0v) is 38.2. The summed E-state index contributed by atoms with van der Waals surface area (Å²) in [5.74, 6) is 0. The Morgan fingerprint density at radius 3 is 1.28 bits per heavy atom.